The fourth-order valence-electron chi connectivity index (χ4n) is 3.96. The third kappa shape index (κ3) is 2.23. The Bertz CT molecular complexity index is 641. The molecule has 2 aromatic rings. The topological polar surface area (TPSA) is 66.8 Å². The predicted molar refractivity (Wildman–Crippen MR) is 81.2 cm³/mol. The van der Waals surface area contributed by atoms with Gasteiger partial charge in [-0.1, -0.05) is 12.8 Å². The number of rotatable bonds is 2. The summed E-state index contributed by atoms with van der Waals surface area (Å²) in [7, 11) is 0. The zero-order valence-corrected chi connectivity index (χ0v) is 12.6. The zero-order chi connectivity index (χ0) is 14.9. The summed E-state index contributed by atoms with van der Waals surface area (Å²) in [5.74, 6) is 1.62. The number of carbonyl (C=O) groups is 1. The highest BCUT2D eigenvalue weighted by atomic mass is 16.2. The number of nitrogens with one attached hydrogen (secondary N) is 1. The molecule has 1 aliphatic heterocycles. The maximum atomic E-state index is 12.9. The molecule has 1 unspecified atom stereocenters. The van der Waals surface area contributed by atoms with E-state index in [1.54, 1.807) is 12.5 Å². The Hall–Kier alpha value is -2.11. The highest BCUT2D eigenvalue weighted by Crippen LogP contribution is 2.40. The van der Waals surface area contributed by atoms with E-state index >= 15 is 0 Å². The van der Waals surface area contributed by atoms with Gasteiger partial charge in [0.1, 0.15) is 11.5 Å². The van der Waals surface area contributed by atoms with Gasteiger partial charge in [-0.25, -0.2) is 9.97 Å². The molecule has 1 saturated carbocycles. The van der Waals surface area contributed by atoms with Gasteiger partial charge in [-0.15, -0.1) is 0 Å². The molecule has 0 saturated heterocycles. The molecule has 1 amide bonds. The molecule has 0 bridgehead atoms. The van der Waals surface area contributed by atoms with Crippen molar-refractivity contribution in [3.05, 3.63) is 36.4 Å². The van der Waals surface area contributed by atoms with Crippen LogP contribution in [0.15, 0.2) is 24.9 Å². The number of aromatic nitrogens is 4. The minimum Gasteiger partial charge on any atom is -0.341 e. The van der Waals surface area contributed by atoms with Gasteiger partial charge in [0.05, 0.1) is 18.6 Å². The van der Waals surface area contributed by atoms with Gasteiger partial charge in [-0.05, 0) is 25.2 Å². The maximum absolute atomic E-state index is 12.9. The van der Waals surface area contributed by atoms with Crippen LogP contribution in [-0.4, -0.2) is 36.9 Å². The second kappa shape index (κ2) is 5.59. The van der Waals surface area contributed by atoms with Crippen molar-refractivity contribution >= 4 is 5.91 Å². The molecule has 1 aliphatic carbocycles. The number of nitrogens with zero attached hydrogens (tertiary/aromatic N) is 4. The van der Waals surface area contributed by atoms with Crippen molar-refractivity contribution in [3.8, 4) is 0 Å². The fraction of sp³-hybridized carbons (Fsp3) is 0.562. The smallest absolute Gasteiger partial charge is 0.272 e. The van der Waals surface area contributed by atoms with Crippen LogP contribution in [0.5, 0.6) is 0 Å². The first-order valence-corrected chi connectivity index (χ1v) is 8.15. The molecule has 0 aromatic carbocycles. The Morgan fingerprint density at radius 1 is 1.23 bits per heavy atom. The summed E-state index contributed by atoms with van der Waals surface area (Å²) in [6, 6.07) is 0.0933. The van der Waals surface area contributed by atoms with Gasteiger partial charge in [0, 0.05) is 25.5 Å². The van der Waals surface area contributed by atoms with Gasteiger partial charge < -0.3 is 14.5 Å². The van der Waals surface area contributed by atoms with Crippen molar-refractivity contribution in [1.82, 2.24) is 24.4 Å². The normalized spacial score (nSPS) is 22.5. The molecule has 2 aromatic heterocycles. The average molecular weight is 299 g/mol. The Morgan fingerprint density at radius 2 is 2.09 bits per heavy atom. The van der Waals surface area contributed by atoms with Gasteiger partial charge in [-0.3, -0.25) is 4.79 Å². The number of imidazole rings is 2. The summed E-state index contributed by atoms with van der Waals surface area (Å²) in [5.41, 5.74) is 0.572. The standard InChI is InChI=1S/C16H21N5O/c22-16(13-10-17-11-19-13)21-8-3-7-20-9-6-18-15(20)14(21)12-4-1-2-5-12/h6,9-12,14H,1-5,7-8H2,(H,17,19). The fourth-order valence-corrected chi connectivity index (χ4v) is 3.96. The first kappa shape index (κ1) is 13.5. The Morgan fingerprint density at radius 3 is 2.86 bits per heavy atom. The van der Waals surface area contributed by atoms with E-state index in [4.69, 9.17) is 0 Å². The molecule has 1 fully saturated rings. The SMILES string of the molecule is O=C(c1cnc[nH]1)N1CCCn2ccnc2C1C1CCCC1. The molecule has 3 heterocycles. The van der Waals surface area contributed by atoms with Gasteiger partial charge >= 0.3 is 0 Å². The van der Waals surface area contributed by atoms with Crippen LogP contribution < -0.4 is 0 Å². The van der Waals surface area contributed by atoms with E-state index in [0.29, 0.717) is 11.6 Å². The van der Waals surface area contributed by atoms with Crippen molar-refractivity contribution in [2.24, 2.45) is 5.92 Å². The van der Waals surface area contributed by atoms with E-state index < -0.39 is 0 Å². The summed E-state index contributed by atoms with van der Waals surface area (Å²) in [5, 5.41) is 0. The van der Waals surface area contributed by atoms with Crippen LogP contribution in [0, 0.1) is 5.92 Å². The van der Waals surface area contributed by atoms with Crippen molar-refractivity contribution in [2.75, 3.05) is 6.54 Å². The summed E-state index contributed by atoms with van der Waals surface area (Å²) in [4.78, 5) is 26.5. The summed E-state index contributed by atoms with van der Waals surface area (Å²) >= 11 is 0. The number of fused-ring (bicyclic) bond motifs is 1. The number of amides is 1. The molecule has 116 valence electrons. The Balaban J connectivity index is 1.73. The summed E-state index contributed by atoms with van der Waals surface area (Å²) < 4.78 is 2.23. The predicted octanol–water partition coefficient (Wildman–Crippen LogP) is 2.38. The highest BCUT2D eigenvalue weighted by Gasteiger charge is 2.38. The van der Waals surface area contributed by atoms with Crippen LogP contribution >= 0.6 is 0 Å². The second-order valence-corrected chi connectivity index (χ2v) is 6.29. The van der Waals surface area contributed by atoms with E-state index in [0.717, 1.165) is 25.3 Å². The molecule has 0 radical (unpaired) electrons. The van der Waals surface area contributed by atoms with Crippen molar-refractivity contribution in [2.45, 2.75) is 44.7 Å². The van der Waals surface area contributed by atoms with Crippen LogP contribution in [0.3, 0.4) is 0 Å². The van der Waals surface area contributed by atoms with E-state index in [-0.39, 0.29) is 11.9 Å². The first-order chi connectivity index (χ1) is 10.8. The van der Waals surface area contributed by atoms with Crippen LogP contribution in [0.1, 0.15) is 54.5 Å². The average Bonchev–Trinajstić information content (AvgIpc) is 3.27. The van der Waals surface area contributed by atoms with Gasteiger partial charge in [0.2, 0.25) is 0 Å². The van der Waals surface area contributed by atoms with E-state index in [2.05, 4.69) is 19.5 Å². The minimum absolute atomic E-state index is 0.0471. The van der Waals surface area contributed by atoms with Crippen LogP contribution in [0.25, 0.3) is 0 Å². The molecule has 2 aliphatic rings. The zero-order valence-electron chi connectivity index (χ0n) is 12.6. The number of aryl methyl sites for hydroxylation is 1. The highest BCUT2D eigenvalue weighted by molar-refractivity contribution is 5.92. The van der Waals surface area contributed by atoms with Crippen LogP contribution in [0.4, 0.5) is 0 Å². The number of carbonyl (C=O) groups excluding carboxylic acids is 1. The lowest BCUT2D eigenvalue weighted by Crippen LogP contribution is -2.38. The second-order valence-electron chi connectivity index (χ2n) is 6.29. The molecular weight excluding hydrogens is 278 g/mol. The van der Waals surface area contributed by atoms with Crippen LogP contribution in [0.2, 0.25) is 0 Å². The largest absolute Gasteiger partial charge is 0.341 e. The number of aromatic amines is 1. The van der Waals surface area contributed by atoms with Crippen molar-refractivity contribution in [3.63, 3.8) is 0 Å². The Labute approximate surface area is 129 Å². The number of H-pyrrole nitrogens is 1. The quantitative estimate of drug-likeness (QED) is 0.926. The third-order valence-electron chi connectivity index (χ3n) is 4.98. The molecule has 1 atom stereocenters. The van der Waals surface area contributed by atoms with Crippen molar-refractivity contribution < 1.29 is 4.79 Å². The van der Waals surface area contributed by atoms with E-state index in [1.807, 2.05) is 17.3 Å². The van der Waals surface area contributed by atoms with E-state index in [1.165, 1.54) is 25.7 Å². The molecular formula is C16H21N5O. The lowest BCUT2D eigenvalue weighted by Gasteiger charge is -2.33. The van der Waals surface area contributed by atoms with Crippen LogP contribution in [-0.2, 0) is 6.54 Å². The monoisotopic (exact) mass is 299 g/mol. The number of hydrogen-bond donors (Lipinski definition) is 1. The lowest BCUT2D eigenvalue weighted by atomic mass is 9.95. The summed E-state index contributed by atoms with van der Waals surface area (Å²) in [6.45, 7) is 1.72. The van der Waals surface area contributed by atoms with Gasteiger partial charge in [-0.2, -0.15) is 0 Å². The first-order valence-electron chi connectivity index (χ1n) is 8.15. The molecule has 22 heavy (non-hydrogen) atoms. The molecule has 1 N–H and O–H groups in total. The molecule has 4 rings (SSSR count). The van der Waals surface area contributed by atoms with E-state index in [9.17, 15) is 4.79 Å². The summed E-state index contributed by atoms with van der Waals surface area (Å²) in [6.07, 6.45) is 12.9. The number of hydrogen-bond acceptors (Lipinski definition) is 3. The molecule has 6 heteroatoms. The maximum Gasteiger partial charge on any atom is 0.272 e. The lowest BCUT2D eigenvalue weighted by molar-refractivity contribution is 0.0597. The molecule has 0 spiro atoms. The van der Waals surface area contributed by atoms with Gasteiger partial charge in [0.15, 0.2) is 0 Å². The Kier molecular flexibility index (Phi) is 3.44. The molecule has 6 nitrogen and oxygen atoms in total. The van der Waals surface area contributed by atoms with Crippen molar-refractivity contribution in [1.29, 1.82) is 0 Å². The van der Waals surface area contributed by atoms with Gasteiger partial charge in [0.25, 0.3) is 5.91 Å². The third-order valence-corrected chi connectivity index (χ3v) is 4.98. The minimum atomic E-state index is 0.0471.